The van der Waals surface area contributed by atoms with E-state index in [0.29, 0.717) is 28.5 Å². The second-order valence-electron chi connectivity index (χ2n) is 22.8. The summed E-state index contributed by atoms with van der Waals surface area (Å²) in [5, 5.41) is 20.1. The number of esters is 1. The van der Waals surface area contributed by atoms with Crippen LogP contribution in [0.2, 0.25) is 5.02 Å². The summed E-state index contributed by atoms with van der Waals surface area (Å²) < 4.78 is 50.2. The minimum atomic E-state index is -1.96. The molecular formula is C62H83ClN8O21S. The van der Waals surface area contributed by atoms with Crippen molar-refractivity contribution in [1.82, 2.24) is 25.1 Å². The maximum atomic E-state index is 14.4. The number of benzene rings is 2. The molecule has 31 heteroatoms. The van der Waals surface area contributed by atoms with Crippen LogP contribution in [0.25, 0.3) is 0 Å². The number of hydrogen-bond donors (Lipinski definition) is 4. The number of thioether (sulfide) groups is 1. The van der Waals surface area contributed by atoms with Crippen molar-refractivity contribution < 1.29 is 101 Å². The normalized spacial score (nSPS) is 24.2. The van der Waals surface area contributed by atoms with Crippen LogP contribution in [0, 0.1) is 5.92 Å². The van der Waals surface area contributed by atoms with Crippen LogP contribution in [-0.4, -0.2) is 221 Å². The topological polar surface area (TPSA) is 339 Å². The first kappa shape index (κ1) is 74.0. The number of carbonyl (C=O) groups excluding carboxylic acids is 10. The number of aliphatic hydroxyl groups is 1. The van der Waals surface area contributed by atoms with Gasteiger partial charge in [0, 0.05) is 73.4 Å². The zero-order valence-electron chi connectivity index (χ0n) is 54.0. The van der Waals surface area contributed by atoms with E-state index in [1.807, 2.05) is 19.9 Å². The lowest BCUT2D eigenvalue weighted by atomic mass is 9.86. The molecule has 93 heavy (non-hydrogen) atoms. The molecule has 2 fully saturated rings. The number of likely N-dealkylation sites (N-methyl/N-ethyl adjacent to an activating group) is 3. The Balaban J connectivity index is 1.03. The third kappa shape index (κ3) is 20.7. The third-order valence-electron chi connectivity index (χ3n) is 15.9. The van der Waals surface area contributed by atoms with E-state index in [1.54, 1.807) is 49.4 Å². The molecule has 8 atom stereocenters. The highest BCUT2D eigenvalue weighted by Gasteiger charge is 2.62. The lowest BCUT2D eigenvalue weighted by Gasteiger charge is -2.34. The van der Waals surface area contributed by atoms with Crippen LogP contribution in [-0.2, 0) is 84.5 Å². The summed E-state index contributed by atoms with van der Waals surface area (Å²) in [7, 11) is 9.94. The van der Waals surface area contributed by atoms with Gasteiger partial charge in [0.05, 0.1) is 57.0 Å². The number of nitrogens with zero attached hydrogens (tertiary/aromatic N) is 5. The minimum Gasteiger partial charge on any atom is -0.495 e. The largest absolute Gasteiger partial charge is 0.495 e. The van der Waals surface area contributed by atoms with E-state index in [2.05, 4.69) is 16.0 Å². The predicted octanol–water partition coefficient (Wildman–Crippen LogP) is 6.09. The number of hydroxylamine groups is 2. The van der Waals surface area contributed by atoms with Crippen LogP contribution in [0.15, 0.2) is 66.3 Å². The first-order chi connectivity index (χ1) is 44.1. The summed E-state index contributed by atoms with van der Waals surface area (Å²) in [5.41, 5.74) is -0.583. The molecule has 4 aliphatic heterocycles. The highest BCUT2D eigenvalue weighted by Crippen LogP contribution is 2.48. The van der Waals surface area contributed by atoms with Gasteiger partial charge in [-0.15, -0.1) is 5.06 Å². The number of methoxy groups -OCH3 is 3. The van der Waals surface area contributed by atoms with Crippen molar-refractivity contribution in [2.45, 2.75) is 121 Å². The number of carbonyl (C=O) groups is 10. The quantitative estimate of drug-likeness (QED) is 0.0291. The number of amides is 8. The molecule has 510 valence electrons. The van der Waals surface area contributed by atoms with Crippen molar-refractivity contribution in [3.05, 3.63) is 82.4 Å². The summed E-state index contributed by atoms with van der Waals surface area (Å²) in [6.45, 7) is 6.44. The van der Waals surface area contributed by atoms with E-state index in [0.717, 1.165) is 22.9 Å². The molecule has 4 N–H and O–H groups in total. The zero-order valence-corrected chi connectivity index (χ0v) is 55.6. The van der Waals surface area contributed by atoms with Gasteiger partial charge in [-0.1, -0.05) is 66.2 Å². The van der Waals surface area contributed by atoms with E-state index in [-0.39, 0.29) is 106 Å². The molecular weight excluding hydrogens is 1260 g/mol. The highest BCUT2D eigenvalue weighted by molar-refractivity contribution is 8.13. The molecule has 6 rings (SSSR count). The first-order valence-corrected chi connectivity index (χ1v) is 31.2. The molecule has 2 aromatic rings. The summed E-state index contributed by atoms with van der Waals surface area (Å²) in [5.74, 6) is -4.20. The molecule has 0 radical (unpaired) electrons. The maximum absolute atomic E-state index is 14.4. The summed E-state index contributed by atoms with van der Waals surface area (Å²) >= 11 is 7.68. The Morgan fingerprint density at radius 2 is 1.65 bits per heavy atom. The zero-order chi connectivity index (χ0) is 68.3. The summed E-state index contributed by atoms with van der Waals surface area (Å²) in [4.78, 5) is 141. The number of alkyl carbamates (subject to hydrolysis) is 1. The first-order valence-electron chi connectivity index (χ1n) is 29.8. The Bertz CT molecular complexity index is 3150. The molecule has 0 saturated carbocycles. The highest BCUT2D eigenvalue weighted by atomic mass is 35.5. The number of ether oxygens (including phenoxy) is 9. The number of halogens is 1. The van der Waals surface area contributed by atoms with Gasteiger partial charge in [-0.05, 0) is 87.4 Å². The molecule has 2 aromatic carbocycles. The minimum absolute atomic E-state index is 0.00665. The molecule has 0 aromatic heterocycles. The van der Waals surface area contributed by atoms with Gasteiger partial charge < -0.3 is 77.5 Å². The van der Waals surface area contributed by atoms with E-state index in [4.69, 9.17) is 59.1 Å². The van der Waals surface area contributed by atoms with Crippen LogP contribution in [0.3, 0.4) is 0 Å². The van der Waals surface area contributed by atoms with Gasteiger partial charge in [0.1, 0.15) is 60.7 Å². The molecule has 4 heterocycles. The van der Waals surface area contributed by atoms with E-state index < -0.39 is 107 Å². The molecule has 29 nitrogen and oxygen atoms in total. The summed E-state index contributed by atoms with van der Waals surface area (Å²) in [6.07, 6.45) is 2.07. The fourth-order valence-electron chi connectivity index (χ4n) is 10.1. The average molecular weight is 1340 g/mol. The lowest BCUT2D eigenvalue weighted by molar-refractivity contribution is -0.196. The SMILES string of the molecule is COC(=O)N[C@]1(O)CC[C@@H](C)[C@@H]2O[C@@]2(C)[C@@H](OC(=O)[C@H](C)N(C)C(=O)CCSC(=O)N(C)CCN(C)C(=O)OCc2ccc(NC(=O)OC3/C=C/COCOC3)c(NCC(=O)ON3C(=O)CCC3=O)c2)CC(=O)N(C)c2cc(cc(OC)c2Cl)C/C(C)=C/C=C/[C@H]1OC. The van der Waals surface area contributed by atoms with Gasteiger partial charge in [-0.2, -0.15) is 0 Å². The lowest BCUT2D eigenvalue weighted by Crippen LogP contribution is -2.57. The van der Waals surface area contributed by atoms with Crippen LogP contribution in [0.4, 0.5) is 36.2 Å². The van der Waals surface area contributed by atoms with Crippen LogP contribution >= 0.6 is 23.4 Å². The number of epoxide rings is 1. The molecule has 0 spiro atoms. The number of hydrogen-bond acceptors (Lipinski definition) is 23. The smallest absolute Gasteiger partial charge is 0.412 e. The van der Waals surface area contributed by atoms with Gasteiger partial charge in [0.15, 0.2) is 5.72 Å². The van der Waals surface area contributed by atoms with Crippen LogP contribution in [0.1, 0.15) is 77.3 Å². The number of rotatable bonds is 20. The maximum Gasteiger partial charge on any atom is 0.412 e. The van der Waals surface area contributed by atoms with Crippen molar-refractivity contribution in [3.63, 3.8) is 0 Å². The van der Waals surface area contributed by atoms with E-state index >= 15 is 0 Å². The van der Waals surface area contributed by atoms with Gasteiger partial charge in [-0.25, -0.2) is 24.0 Å². The molecule has 4 aliphatic rings. The molecule has 8 amide bonds. The summed E-state index contributed by atoms with van der Waals surface area (Å²) in [6, 6.07) is 6.80. The number of nitrogens with one attached hydrogen (secondary N) is 3. The van der Waals surface area contributed by atoms with Gasteiger partial charge in [0.25, 0.3) is 17.1 Å². The third-order valence-corrected chi connectivity index (χ3v) is 17.2. The molecule has 0 aliphatic carbocycles. The predicted molar refractivity (Wildman–Crippen MR) is 338 cm³/mol. The van der Waals surface area contributed by atoms with Crippen LogP contribution in [0.5, 0.6) is 5.75 Å². The van der Waals surface area contributed by atoms with Crippen molar-refractivity contribution in [2.24, 2.45) is 5.92 Å². The number of fused-ring (bicyclic) bond motifs is 3. The molecule has 2 bridgehead atoms. The second-order valence-corrected chi connectivity index (χ2v) is 24.2. The van der Waals surface area contributed by atoms with Crippen molar-refractivity contribution in [3.8, 4) is 5.75 Å². The van der Waals surface area contributed by atoms with E-state index in [9.17, 15) is 53.1 Å². The number of anilines is 3. The Kier molecular flexibility index (Phi) is 27.3. The monoisotopic (exact) mass is 1340 g/mol. The van der Waals surface area contributed by atoms with Crippen LogP contribution < -0.4 is 25.6 Å². The fourth-order valence-corrected chi connectivity index (χ4v) is 11.1. The van der Waals surface area contributed by atoms with E-state index in [1.165, 1.54) is 88.2 Å². The Hall–Kier alpha value is -8.00. The number of allylic oxidation sites excluding steroid dienone is 3. The van der Waals surface area contributed by atoms with Crippen molar-refractivity contribution >= 4 is 99.5 Å². The molecule has 2 saturated heterocycles. The standard InChI is InChI=1S/C62H83ClN8O21S/c1-37-14-12-16-47(84-10)62(82,66-58(79)85-11)23-21-38(2)55-61(4,91-55)48(32-52(75)70(8)45-30-41(28-37)31-46(83-9)54(45)63)90-56(77)39(3)69(7)49(72)22-27-93-60(81)68(6)25-24-67(5)59(80)88-34-40-17-18-43(65-57(78)89-42-15-13-26-86-36-87-35-42)44(29-40)64-33-53(76)92-71-50(73)19-20-51(71)74/h12-18,29-31,38-39,42,47-48,55,64,82H,19-28,32-36H2,1-11H3,(H,65,78)(H,66,79)/b15-13+,16-12+,37-14+/t38-,39+,42?,47-,48+,55+,61+,62+/m1/s1. The average Bonchev–Trinajstić information content (AvgIpc) is 1.59. The van der Waals surface area contributed by atoms with Crippen molar-refractivity contribution in [2.75, 3.05) is 110 Å². The van der Waals surface area contributed by atoms with Gasteiger partial charge in [-0.3, -0.25) is 34.6 Å². The number of imide groups is 1. The fraction of sp³-hybridized carbons (Fsp3) is 0.548. The van der Waals surface area contributed by atoms with Gasteiger partial charge in [0.2, 0.25) is 11.8 Å². The van der Waals surface area contributed by atoms with Crippen molar-refractivity contribution in [1.29, 1.82) is 0 Å². The Morgan fingerprint density at radius 3 is 2.34 bits per heavy atom. The Labute approximate surface area is 548 Å². The second kappa shape index (κ2) is 34.2. The van der Waals surface area contributed by atoms with Gasteiger partial charge >= 0.3 is 30.2 Å². The molecule has 1 unspecified atom stereocenters. The Morgan fingerprint density at radius 1 is 0.925 bits per heavy atom.